The number of aliphatic hydroxyl groups is 1. The quantitative estimate of drug-likeness (QED) is 0.330. The second-order valence-corrected chi connectivity index (χ2v) is 9.55. The van der Waals surface area contributed by atoms with Crippen molar-refractivity contribution in [2.45, 2.75) is 19.0 Å². The molecule has 4 heterocycles. The van der Waals surface area contributed by atoms with Crippen LogP contribution >= 0.6 is 0 Å². The summed E-state index contributed by atoms with van der Waals surface area (Å²) in [6.45, 7) is 5.85. The van der Waals surface area contributed by atoms with E-state index in [1.54, 1.807) is 11.1 Å². The SMILES string of the molecule is OCC1CNCCN1c1nc(OON2CCOCC2)nc2c1CCN(c1cc(O)cc3ccccc13)C2. The molecule has 1 aromatic heterocycles. The third-order valence-electron chi connectivity index (χ3n) is 7.21. The van der Waals surface area contributed by atoms with Gasteiger partial charge in [-0.2, -0.15) is 9.97 Å². The molecule has 11 heteroatoms. The van der Waals surface area contributed by atoms with Crippen LogP contribution in [0.15, 0.2) is 36.4 Å². The number of aromatic nitrogens is 2. The van der Waals surface area contributed by atoms with Crippen LogP contribution in [-0.4, -0.2) is 90.4 Å². The van der Waals surface area contributed by atoms with Gasteiger partial charge in [0.1, 0.15) is 11.6 Å². The molecule has 0 bridgehead atoms. The first-order valence-electron chi connectivity index (χ1n) is 12.8. The first-order valence-corrected chi connectivity index (χ1v) is 12.8. The molecule has 3 N–H and O–H groups in total. The summed E-state index contributed by atoms with van der Waals surface area (Å²) in [5, 5.41) is 27.6. The third-order valence-corrected chi connectivity index (χ3v) is 7.21. The Labute approximate surface area is 215 Å². The van der Waals surface area contributed by atoms with Crippen molar-refractivity contribution in [2.75, 3.05) is 68.9 Å². The van der Waals surface area contributed by atoms with Gasteiger partial charge in [0.05, 0.1) is 51.2 Å². The lowest BCUT2D eigenvalue weighted by Gasteiger charge is -2.39. The van der Waals surface area contributed by atoms with Crippen LogP contribution in [0.25, 0.3) is 10.8 Å². The number of nitrogens with one attached hydrogen (secondary N) is 1. The van der Waals surface area contributed by atoms with Crippen LogP contribution in [0.3, 0.4) is 0 Å². The van der Waals surface area contributed by atoms with Crippen LogP contribution in [0.4, 0.5) is 11.5 Å². The fraction of sp³-hybridized carbons (Fsp3) is 0.462. The number of ether oxygens (including phenoxy) is 1. The van der Waals surface area contributed by atoms with Gasteiger partial charge in [0.2, 0.25) is 0 Å². The summed E-state index contributed by atoms with van der Waals surface area (Å²) in [6.07, 6.45) is 0.724. The number of hydrogen-bond acceptors (Lipinski definition) is 11. The van der Waals surface area contributed by atoms with Crippen molar-refractivity contribution in [1.29, 1.82) is 0 Å². The average Bonchev–Trinajstić information content (AvgIpc) is 2.95. The largest absolute Gasteiger partial charge is 0.508 e. The van der Waals surface area contributed by atoms with E-state index >= 15 is 0 Å². The zero-order valence-electron chi connectivity index (χ0n) is 20.7. The molecule has 6 rings (SSSR count). The number of hydrogen-bond donors (Lipinski definition) is 3. The topological polar surface area (TPSA) is 116 Å². The molecule has 0 amide bonds. The molecule has 2 saturated heterocycles. The minimum atomic E-state index is -0.0891. The van der Waals surface area contributed by atoms with E-state index in [4.69, 9.17) is 24.6 Å². The van der Waals surface area contributed by atoms with Crippen LogP contribution in [0, 0.1) is 0 Å². The van der Waals surface area contributed by atoms with Crippen LogP contribution in [0.1, 0.15) is 11.3 Å². The Morgan fingerprint density at radius 2 is 1.95 bits per heavy atom. The predicted molar refractivity (Wildman–Crippen MR) is 138 cm³/mol. The summed E-state index contributed by atoms with van der Waals surface area (Å²) in [5.41, 5.74) is 2.86. The number of phenolic OH excluding ortho intramolecular Hbond substituents is 1. The molecule has 1 atom stereocenters. The van der Waals surface area contributed by atoms with Crippen molar-refractivity contribution in [3.8, 4) is 11.8 Å². The number of morpholine rings is 1. The molecule has 0 aliphatic carbocycles. The number of phenols is 1. The van der Waals surface area contributed by atoms with Gasteiger partial charge in [-0.3, -0.25) is 4.89 Å². The summed E-state index contributed by atoms with van der Waals surface area (Å²) in [7, 11) is 0. The smallest absolute Gasteiger partial charge is 0.357 e. The Morgan fingerprint density at radius 1 is 1.08 bits per heavy atom. The van der Waals surface area contributed by atoms with Gasteiger partial charge in [0.25, 0.3) is 0 Å². The molecule has 11 nitrogen and oxygen atoms in total. The molecule has 3 aliphatic rings. The van der Waals surface area contributed by atoms with Crippen molar-refractivity contribution in [3.05, 3.63) is 47.7 Å². The third kappa shape index (κ3) is 5.00. The molecule has 37 heavy (non-hydrogen) atoms. The van der Waals surface area contributed by atoms with Crippen molar-refractivity contribution in [3.63, 3.8) is 0 Å². The van der Waals surface area contributed by atoms with Gasteiger partial charge in [-0.05, 0) is 17.9 Å². The lowest BCUT2D eigenvalue weighted by Crippen LogP contribution is -2.54. The van der Waals surface area contributed by atoms with E-state index in [2.05, 4.69) is 21.2 Å². The zero-order chi connectivity index (χ0) is 25.2. The van der Waals surface area contributed by atoms with E-state index in [1.165, 1.54) is 0 Å². The van der Waals surface area contributed by atoms with Gasteiger partial charge in [-0.1, -0.05) is 29.3 Å². The standard InChI is InChI=1S/C26H32N6O5/c33-17-19-15-27-6-8-32(19)25-22-5-7-30(24-14-20(34)13-18-3-1-2-4-21(18)24)16-23(22)28-26(29-25)36-37-31-9-11-35-12-10-31/h1-4,13-14,19,27,33-34H,5-12,15-17H2. The van der Waals surface area contributed by atoms with E-state index in [0.717, 1.165) is 59.6 Å². The minimum Gasteiger partial charge on any atom is -0.508 e. The first-order chi connectivity index (χ1) is 18.2. The Morgan fingerprint density at radius 3 is 2.81 bits per heavy atom. The van der Waals surface area contributed by atoms with Gasteiger partial charge in [0, 0.05) is 48.9 Å². The number of hydroxylamine groups is 2. The maximum atomic E-state index is 10.4. The molecule has 0 radical (unpaired) electrons. The van der Waals surface area contributed by atoms with E-state index in [0.29, 0.717) is 39.4 Å². The Kier molecular flexibility index (Phi) is 6.94. The molecule has 0 saturated carbocycles. The molecule has 3 aliphatic heterocycles. The second-order valence-electron chi connectivity index (χ2n) is 9.55. The highest BCUT2D eigenvalue weighted by atomic mass is 17.3. The minimum absolute atomic E-state index is 0.0215. The maximum absolute atomic E-state index is 10.4. The van der Waals surface area contributed by atoms with Crippen LogP contribution in [0.5, 0.6) is 11.8 Å². The molecule has 196 valence electrons. The number of nitrogens with zero attached hydrogens (tertiary/aromatic N) is 5. The Bertz CT molecular complexity index is 1250. The number of anilines is 2. The Hall–Kier alpha value is -3.22. The van der Waals surface area contributed by atoms with Crippen molar-refractivity contribution in [1.82, 2.24) is 20.3 Å². The number of aromatic hydroxyl groups is 1. The van der Waals surface area contributed by atoms with E-state index in [1.807, 2.05) is 24.3 Å². The summed E-state index contributed by atoms with van der Waals surface area (Å²) in [6, 6.07) is 11.7. The van der Waals surface area contributed by atoms with Crippen LogP contribution in [-0.2, 0) is 22.7 Å². The zero-order valence-corrected chi connectivity index (χ0v) is 20.7. The average molecular weight is 509 g/mol. The predicted octanol–water partition coefficient (Wildman–Crippen LogP) is 1.23. The molecular weight excluding hydrogens is 476 g/mol. The van der Waals surface area contributed by atoms with E-state index in [9.17, 15) is 10.2 Å². The highest BCUT2D eigenvalue weighted by Crippen LogP contribution is 2.36. The van der Waals surface area contributed by atoms with Gasteiger partial charge < -0.3 is 30.1 Å². The highest BCUT2D eigenvalue weighted by molar-refractivity contribution is 5.95. The van der Waals surface area contributed by atoms with Gasteiger partial charge in [-0.15, -0.1) is 5.06 Å². The number of benzene rings is 2. The summed E-state index contributed by atoms with van der Waals surface area (Å²) in [5.74, 6) is 1.02. The fourth-order valence-electron chi connectivity index (χ4n) is 5.32. The molecule has 2 fully saturated rings. The van der Waals surface area contributed by atoms with Gasteiger partial charge >= 0.3 is 6.01 Å². The maximum Gasteiger partial charge on any atom is 0.357 e. The number of rotatable bonds is 6. The van der Waals surface area contributed by atoms with Gasteiger partial charge in [0.15, 0.2) is 0 Å². The normalized spacial score (nSPS) is 20.7. The van der Waals surface area contributed by atoms with Crippen molar-refractivity contribution >= 4 is 22.3 Å². The number of piperazine rings is 1. The number of aliphatic hydroxyl groups excluding tert-OH is 1. The molecule has 2 aromatic carbocycles. The van der Waals surface area contributed by atoms with Gasteiger partial charge in [-0.25, -0.2) is 0 Å². The monoisotopic (exact) mass is 508 g/mol. The van der Waals surface area contributed by atoms with E-state index in [-0.39, 0.29) is 24.4 Å². The molecule has 0 spiro atoms. The van der Waals surface area contributed by atoms with Crippen LogP contribution < -0.4 is 20.0 Å². The first kappa shape index (κ1) is 24.1. The lowest BCUT2D eigenvalue weighted by molar-refractivity contribution is -0.381. The molecule has 1 unspecified atom stereocenters. The second kappa shape index (κ2) is 10.6. The molecule has 3 aromatic rings. The van der Waals surface area contributed by atoms with Crippen LogP contribution in [0.2, 0.25) is 0 Å². The summed E-state index contributed by atoms with van der Waals surface area (Å²) < 4.78 is 5.37. The summed E-state index contributed by atoms with van der Waals surface area (Å²) in [4.78, 5) is 25.1. The van der Waals surface area contributed by atoms with Crippen molar-refractivity contribution < 1.29 is 24.8 Å². The summed E-state index contributed by atoms with van der Waals surface area (Å²) >= 11 is 0. The highest BCUT2D eigenvalue weighted by Gasteiger charge is 2.31. The lowest BCUT2D eigenvalue weighted by atomic mass is 10.0. The van der Waals surface area contributed by atoms with E-state index < -0.39 is 0 Å². The number of fused-ring (bicyclic) bond motifs is 2. The Balaban J connectivity index is 1.35. The van der Waals surface area contributed by atoms with Crippen molar-refractivity contribution in [2.24, 2.45) is 0 Å². The fourth-order valence-corrected chi connectivity index (χ4v) is 5.32. The molecular formula is C26H32N6O5.